The molecule has 0 saturated carbocycles. The summed E-state index contributed by atoms with van der Waals surface area (Å²) in [6.45, 7) is 0. The summed E-state index contributed by atoms with van der Waals surface area (Å²) in [5.74, 6) is -1.67. The number of carboxylic acid groups (broad SMARTS) is 1. The first kappa shape index (κ1) is 18.1. The van der Waals surface area contributed by atoms with Crippen LogP contribution in [0.2, 0.25) is 0 Å². The third-order valence-corrected chi connectivity index (χ3v) is 5.24. The van der Waals surface area contributed by atoms with Gasteiger partial charge in [0.25, 0.3) is 0 Å². The highest BCUT2D eigenvalue weighted by Crippen LogP contribution is 2.34. The Bertz CT molecular complexity index is 912. The molecule has 0 aliphatic carbocycles. The van der Waals surface area contributed by atoms with Crippen LogP contribution < -0.4 is 0 Å². The van der Waals surface area contributed by atoms with Crippen molar-refractivity contribution in [1.82, 2.24) is 0 Å². The van der Waals surface area contributed by atoms with E-state index in [4.69, 9.17) is 4.18 Å². The van der Waals surface area contributed by atoms with Gasteiger partial charge in [0, 0.05) is 14.7 Å². The number of carbonyl (C=O) groups excluding carboxylic acids is 1. The predicted octanol–water partition coefficient (Wildman–Crippen LogP) is 5.40. The van der Waals surface area contributed by atoms with Crippen LogP contribution in [-0.4, -0.2) is 17.0 Å². The molecule has 0 spiro atoms. The van der Waals surface area contributed by atoms with Crippen molar-refractivity contribution in [2.75, 3.05) is 0 Å². The minimum Gasteiger partial charge on any atom is -0.478 e. The maximum atomic E-state index is 12.6. The normalized spacial score (nSPS) is 10.3. The van der Waals surface area contributed by atoms with Gasteiger partial charge in [-0.05, 0) is 36.4 Å². The van der Waals surface area contributed by atoms with E-state index in [9.17, 15) is 14.7 Å². The van der Waals surface area contributed by atoms with E-state index in [1.54, 1.807) is 12.1 Å². The van der Waals surface area contributed by atoms with Crippen LogP contribution in [0.3, 0.4) is 0 Å². The molecule has 0 aliphatic rings. The molecular formula is C20H14O4S2. The van der Waals surface area contributed by atoms with E-state index in [1.165, 1.54) is 17.8 Å². The molecule has 1 N–H and O–H groups in total. The topological polar surface area (TPSA) is 63.6 Å². The van der Waals surface area contributed by atoms with Gasteiger partial charge in [-0.1, -0.05) is 54.2 Å². The van der Waals surface area contributed by atoms with Gasteiger partial charge < -0.3 is 9.29 Å². The summed E-state index contributed by atoms with van der Waals surface area (Å²) in [4.78, 5) is 26.1. The Kier molecular flexibility index (Phi) is 5.99. The Labute approximate surface area is 159 Å². The molecule has 0 atom stereocenters. The van der Waals surface area contributed by atoms with Crippen molar-refractivity contribution in [3.63, 3.8) is 0 Å². The molecule has 0 fully saturated rings. The zero-order chi connectivity index (χ0) is 18.4. The van der Waals surface area contributed by atoms with Gasteiger partial charge in [-0.3, -0.25) is 0 Å². The van der Waals surface area contributed by atoms with Crippen molar-refractivity contribution in [2.45, 2.75) is 14.7 Å². The summed E-state index contributed by atoms with van der Waals surface area (Å²) in [5, 5.41) is 9.49. The zero-order valence-electron chi connectivity index (χ0n) is 13.5. The molecule has 3 rings (SSSR count). The Balaban J connectivity index is 1.89. The minimum atomic E-state index is -1.09. The molecule has 0 unspecified atom stereocenters. The Hall–Kier alpha value is -2.70. The quantitative estimate of drug-likeness (QED) is 0.576. The molecule has 0 heterocycles. The van der Waals surface area contributed by atoms with Gasteiger partial charge >= 0.3 is 11.9 Å². The number of aromatic carboxylic acids is 1. The van der Waals surface area contributed by atoms with E-state index in [0.29, 0.717) is 4.90 Å². The minimum absolute atomic E-state index is 0.0676. The summed E-state index contributed by atoms with van der Waals surface area (Å²) < 4.78 is 5.30. The highest BCUT2D eigenvalue weighted by atomic mass is 32.2. The standard InChI is InChI=1S/C20H14O4S2/c21-19(22)16-12-7-13-17(18(16)25-14-8-3-1-4-9-14)20(23)24-26-15-10-5-2-6-11-15/h1-13H,(H,21,22). The second-order valence-electron chi connectivity index (χ2n) is 5.17. The summed E-state index contributed by atoms with van der Waals surface area (Å²) >= 11 is 2.17. The number of hydrogen-bond acceptors (Lipinski definition) is 5. The lowest BCUT2D eigenvalue weighted by atomic mass is 10.1. The fourth-order valence-corrected chi connectivity index (χ4v) is 3.77. The summed E-state index contributed by atoms with van der Waals surface area (Å²) in [7, 11) is 0. The fourth-order valence-electron chi connectivity index (χ4n) is 2.19. The van der Waals surface area contributed by atoms with Crippen LogP contribution in [0.25, 0.3) is 0 Å². The molecule has 4 nitrogen and oxygen atoms in total. The van der Waals surface area contributed by atoms with Crippen molar-refractivity contribution in [3.05, 3.63) is 90.0 Å². The molecule has 0 amide bonds. The molecule has 130 valence electrons. The molecule has 0 bridgehead atoms. The predicted molar refractivity (Wildman–Crippen MR) is 102 cm³/mol. The number of hydrogen-bond donors (Lipinski definition) is 1. The van der Waals surface area contributed by atoms with Gasteiger partial charge in [0.15, 0.2) is 0 Å². The van der Waals surface area contributed by atoms with E-state index < -0.39 is 11.9 Å². The van der Waals surface area contributed by atoms with Crippen molar-refractivity contribution in [1.29, 1.82) is 0 Å². The molecule has 3 aromatic carbocycles. The highest BCUT2D eigenvalue weighted by molar-refractivity contribution is 7.99. The van der Waals surface area contributed by atoms with Gasteiger partial charge in [-0.25, -0.2) is 9.59 Å². The molecule has 26 heavy (non-hydrogen) atoms. The van der Waals surface area contributed by atoms with Crippen molar-refractivity contribution < 1.29 is 18.9 Å². The third-order valence-electron chi connectivity index (χ3n) is 3.39. The lowest BCUT2D eigenvalue weighted by Crippen LogP contribution is -2.07. The Morgan fingerprint density at radius 3 is 1.92 bits per heavy atom. The number of benzene rings is 3. The SMILES string of the molecule is O=C(O)c1cccc(C(=O)OSc2ccccc2)c1Sc1ccccc1. The second-order valence-corrected chi connectivity index (χ2v) is 7.06. The lowest BCUT2D eigenvalue weighted by Gasteiger charge is -2.11. The molecule has 0 aromatic heterocycles. The first-order valence-corrected chi connectivity index (χ1v) is 9.24. The van der Waals surface area contributed by atoms with Gasteiger partial charge in [-0.2, -0.15) is 0 Å². The van der Waals surface area contributed by atoms with Gasteiger partial charge in [0.1, 0.15) is 0 Å². The van der Waals surface area contributed by atoms with E-state index in [-0.39, 0.29) is 11.1 Å². The number of rotatable bonds is 6. The Morgan fingerprint density at radius 2 is 1.31 bits per heavy atom. The molecule has 0 saturated heterocycles. The second kappa shape index (κ2) is 8.60. The van der Waals surface area contributed by atoms with Crippen LogP contribution in [0.15, 0.2) is 93.5 Å². The molecule has 3 aromatic rings. The lowest BCUT2D eigenvalue weighted by molar-refractivity contribution is 0.0693. The van der Waals surface area contributed by atoms with Crippen molar-refractivity contribution in [2.24, 2.45) is 0 Å². The maximum absolute atomic E-state index is 12.6. The van der Waals surface area contributed by atoms with Crippen LogP contribution in [0.1, 0.15) is 20.7 Å². The van der Waals surface area contributed by atoms with E-state index in [2.05, 4.69) is 0 Å². The molecule has 0 radical (unpaired) electrons. The van der Waals surface area contributed by atoms with Crippen molar-refractivity contribution in [3.8, 4) is 0 Å². The fraction of sp³-hybridized carbons (Fsp3) is 0. The smallest absolute Gasteiger partial charge is 0.351 e. The van der Waals surface area contributed by atoms with Crippen LogP contribution >= 0.6 is 23.8 Å². The van der Waals surface area contributed by atoms with Crippen LogP contribution in [0.5, 0.6) is 0 Å². The van der Waals surface area contributed by atoms with Gasteiger partial charge in [0.05, 0.1) is 23.2 Å². The van der Waals surface area contributed by atoms with Crippen LogP contribution in [-0.2, 0) is 4.18 Å². The average molecular weight is 382 g/mol. The molecule has 0 aliphatic heterocycles. The first-order valence-electron chi connectivity index (χ1n) is 7.68. The molecular weight excluding hydrogens is 368 g/mol. The van der Waals surface area contributed by atoms with Gasteiger partial charge in [-0.15, -0.1) is 0 Å². The van der Waals surface area contributed by atoms with Crippen LogP contribution in [0.4, 0.5) is 0 Å². The Morgan fingerprint density at radius 1 is 0.731 bits per heavy atom. The maximum Gasteiger partial charge on any atom is 0.351 e. The first-order chi connectivity index (χ1) is 12.6. The zero-order valence-corrected chi connectivity index (χ0v) is 15.1. The van der Waals surface area contributed by atoms with Crippen LogP contribution in [0, 0.1) is 0 Å². The molecule has 6 heteroatoms. The number of carboxylic acids is 1. The summed E-state index contributed by atoms with van der Waals surface area (Å²) in [6, 6.07) is 23.1. The number of carbonyl (C=O) groups is 2. The highest BCUT2D eigenvalue weighted by Gasteiger charge is 2.21. The third kappa shape index (κ3) is 4.47. The summed E-state index contributed by atoms with van der Waals surface area (Å²) in [5.41, 5.74) is 0.292. The monoisotopic (exact) mass is 382 g/mol. The van der Waals surface area contributed by atoms with E-state index in [0.717, 1.165) is 21.8 Å². The largest absolute Gasteiger partial charge is 0.478 e. The van der Waals surface area contributed by atoms with Gasteiger partial charge in [0.2, 0.25) is 0 Å². The van der Waals surface area contributed by atoms with E-state index >= 15 is 0 Å². The average Bonchev–Trinajstić information content (AvgIpc) is 2.67. The summed E-state index contributed by atoms with van der Waals surface area (Å²) in [6.07, 6.45) is 0. The van der Waals surface area contributed by atoms with Crippen molar-refractivity contribution >= 4 is 35.7 Å². The van der Waals surface area contributed by atoms with E-state index in [1.807, 2.05) is 60.7 Å².